The average molecular weight is 251 g/mol. The standard InChI is InChI=1S/C11H13N3O4/c15-11(16)13-6-5-8(7-13)12-9-3-1-2-4-10(9)14(17)18/h1-4,8,12H,5-7H2,(H,15,16). The van der Waals surface area contributed by atoms with Crippen molar-refractivity contribution < 1.29 is 14.8 Å². The molecule has 0 aromatic heterocycles. The maximum absolute atomic E-state index is 10.8. The van der Waals surface area contributed by atoms with Gasteiger partial charge in [-0.2, -0.15) is 0 Å². The van der Waals surface area contributed by atoms with Crippen LogP contribution in [-0.4, -0.2) is 40.2 Å². The second kappa shape index (κ2) is 4.91. The first kappa shape index (κ1) is 12.2. The number of nitrogens with zero attached hydrogens (tertiary/aromatic N) is 2. The van der Waals surface area contributed by atoms with E-state index in [1.807, 2.05) is 0 Å². The number of nitro benzene ring substituents is 1. The molecule has 1 unspecified atom stereocenters. The first-order valence-electron chi connectivity index (χ1n) is 5.56. The van der Waals surface area contributed by atoms with Gasteiger partial charge in [-0.15, -0.1) is 0 Å². The van der Waals surface area contributed by atoms with Gasteiger partial charge in [0.2, 0.25) is 0 Å². The van der Waals surface area contributed by atoms with Crippen LogP contribution in [0.15, 0.2) is 24.3 Å². The van der Waals surface area contributed by atoms with E-state index in [-0.39, 0.29) is 11.7 Å². The van der Waals surface area contributed by atoms with Crippen LogP contribution in [0.25, 0.3) is 0 Å². The molecule has 18 heavy (non-hydrogen) atoms. The minimum atomic E-state index is -0.957. The molecule has 1 atom stereocenters. The highest BCUT2D eigenvalue weighted by atomic mass is 16.6. The van der Waals surface area contributed by atoms with Crippen LogP contribution < -0.4 is 5.32 Å². The van der Waals surface area contributed by atoms with Crippen LogP contribution in [0.1, 0.15) is 6.42 Å². The molecule has 0 saturated carbocycles. The van der Waals surface area contributed by atoms with Crippen molar-refractivity contribution >= 4 is 17.5 Å². The minimum absolute atomic E-state index is 0.00581. The highest BCUT2D eigenvalue weighted by Gasteiger charge is 2.27. The number of hydrogen-bond acceptors (Lipinski definition) is 4. The van der Waals surface area contributed by atoms with Gasteiger partial charge in [0.25, 0.3) is 5.69 Å². The quantitative estimate of drug-likeness (QED) is 0.630. The molecule has 0 bridgehead atoms. The van der Waals surface area contributed by atoms with E-state index < -0.39 is 11.0 Å². The van der Waals surface area contributed by atoms with Gasteiger partial charge in [-0.25, -0.2) is 4.79 Å². The molecule has 1 fully saturated rings. The summed E-state index contributed by atoms with van der Waals surface area (Å²) in [6.45, 7) is 0.801. The number of carboxylic acid groups (broad SMARTS) is 1. The Kier molecular flexibility index (Phi) is 3.31. The van der Waals surface area contributed by atoms with Crippen molar-refractivity contribution in [2.75, 3.05) is 18.4 Å². The molecule has 1 aliphatic rings. The summed E-state index contributed by atoms with van der Waals surface area (Å²) in [5.74, 6) is 0. The fraction of sp³-hybridized carbons (Fsp3) is 0.364. The lowest BCUT2D eigenvalue weighted by Crippen LogP contribution is -2.30. The first-order valence-corrected chi connectivity index (χ1v) is 5.56. The monoisotopic (exact) mass is 251 g/mol. The molecule has 1 amide bonds. The topological polar surface area (TPSA) is 95.7 Å². The van der Waals surface area contributed by atoms with Crippen LogP contribution in [-0.2, 0) is 0 Å². The Morgan fingerprint density at radius 3 is 2.83 bits per heavy atom. The average Bonchev–Trinajstić information content (AvgIpc) is 2.78. The zero-order valence-electron chi connectivity index (χ0n) is 9.57. The fourth-order valence-corrected chi connectivity index (χ4v) is 2.03. The number of anilines is 1. The number of nitro groups is 1. The molecule has 1 saturated heterocycles. The smallest absolute Gasteiger partial charge is 0.407 e. The number of hydrogen-bond donors (Lipinski definition) is 2. The van der Waals surface area contributed by atoms with Gasteiger partial charge in [0.05, 0.1) is 4.92 Å². The predicted molar refractivity (Wildman–Crippen MR) is 64.7 cm³/mol. The maximum atomic E-state index is 10.8. The fourth-order valence-electron chi connectivity index (χ4n) is 2.03. The lowest BCUT2D eigenvalue weighted by atomic mass is 10.2. The van der Waals surface area contributed by atoms with E-state index in [0.29, 0.717) is 25.2 Å². The van der Waals surface area contributed by atoms with E-state index in [0.717, 1.165) is 0 Å². The Morgan fingerprint density at radius 1 is 1.50 bits per heavy atom. The molecule has 0 spiro atoms. The second-order valence-electron chi connectivity index (χ2n) is 4.13. The predicted octanol–water partition coefficient (Wildman–Crippen LogP) is 1.76. The van der Waals surface area contributed by atoms with Gasteiger partial charge < -0.3 is 15.3 Å². The van der Waals surface area contributed by atoms with Gasteiger partial charge in [0.1, 0.15) is 5.69 Å². The van der Waals surface area contributed by atoms with E-state index >= 15 is 0 Å². The third-order valence-corrected chi connectivity index (χ3v) is 2.92. The Labute approximate surface area is 103 Å². The summed E-state index contributed by atoms with van der Waals surface area (Å²) in [5.41, 5.74) is 0.436. The molecule has 0 radical (unpaired) electrons. The van der Waals surface area contributed by atoms with Gasteiger partial charge in [-0.05, 0) is 12.5 Å². The molecule has 2 rings (SSSR count). The second-order valence-corrected chi connectivity index (χ2v) is 4.13. The summed E-state index contributed by atoms with van der Waals surface area (Å²) in [6, 6.07) is 6.27. The van der Waals surface area contributed by atoms with Gasteiger partial charge in [-0.1, -0.05) is 12.1 Å². The van der Waals surface area contributed by atoms with Crippen molar-refractivity contribution in [2.45, 2.75) is 12.5 Å². The molecule has 1 aliphatic heterocycles. The summed E-state index contributed by atoms with van der Waals surface area (Å²) in [7, 11) is 0. The molecule has 1 aromatic carbocycles. The summed E-state index contributed by atoms with van der Waals surface area (Å²) >= 11 is 0. The number of carbonyl (C=O) groups is 1. The zero-order chi connectivity index (χ0) is 13.1. The summed E-state index contributed by atoms with van der Waals surface area (Å²) in [5, 5.41) is 22.7. The third-order valence-electron chi connectivity index (χ3n) is 2.92. The van der Waals surface area contributed by atoms with Gasteiger partial charge in [-0.3, -0.25) is 10.1 Å². The van der Waals surface area contributed by atoms with Crippen molar-refractivity contribution in [3.05, 3.63) is 34.4 Å². The lowest BCUT2D eigenvalue weighted by molar-refractivity contribution is -0.384. The number of rotatable bonds is 3. The summed E-state index contributed by atoms with van der Waals surface area (Å²) in [4.78, 5) is 22.4. The Bertz CT molecular complexity index is 477. The van der Waals surface area contributed by atoms with Gasteiger partial charge in [0.15, 0.2) is 0 Å². The van der Waals surface area contributed by atoms with Crippen molar-refractivity contribution in [2.24, 2.45) is 0 Å². The van der Waals surface area contributed by atoms with Crippen LogP contribution in [0.4, 0.5) is 16.2 Å². The van der Waals surface area contributed by atoms with Gasteiger partial charge >= 0.3 is 6.09 Å². The molecule has 0 aliphatic carbocycles. The van der Waals surface area contributed by atoms with Crippen LogP contribution in [0.3, 0.4) is 0 Å². The van der Waals surface area contributed by atoms with Crippen LogP contribution in [0, 0.1) is 10.1 Å². The number of benzene rings is 1. The zero-order valence-corrected chi connectivity index (χ0v) is 9.57. The molecule has 96 valence electrons. The highest BCUT2D eigenvalue weighted by molar-refractivity contribution is 5.66. The van der Waals surface area contributed by atoms with E-state index in [1.165, 1.54) is 11.0 Å². The van der Waals surface area contributed by atoms with E-state index in [4.69, 9.17) is 5.11 Å². The van der Waals surface area contributed by atoms with Crippen molar-refractivity contribution in [1.82, 2.24) is 4.90 Å². The molecular weight excluding hydrogens is 238 g/mol. The maximum Gasteiger partial charge on any atom is 0.407 e. The molecule has 7 heteroatoms. The number of amides is 1. The van der Waals surface area contributed by atoms with E-state index in [2.05, 4.69) is 5.32 Å². The summed E-state index contributed by atoms with van der Waals surface area (Å²) in [6.07, 6.45) is -0.305. The van der Waals surface area contributed by atoms with E-state index in [1.54, 1.807) is 18.2 Å². The van der Waals surface area contributed by atoms with Crippen molar-refractivity contribution in [3.63, 3.8) is 0 Å². The number of likely N-dealkylation sites (tertiary alicyclic amines) is 1. The highest BCUT2D eigenvalue weighted by Crippen LogP contribution is 2.25. The lowest BCUT2D eigenvalue weighted by Gasteiger charge is -2.14. The normalized spacial score (nSPS) is 18.7. The molecule has 1 aromatic rings. The molecule has 2 N–H and O–H groups in total. The molecule has 7 nitrogen and oxygen atoms in total. The third kappa shape index (κ3) is 2.50. The molecule has 1 heterocycles. The first-order chi connectivity index (χ1) is 8.58. The Hall–Kier alpha value is -2.31. The Morgan fingerprint density at radius 2 is 2.22 bits per heavy atom. The minimum Gasteiger partial charge on any atom is -0.465 e. The van der Waals surface area contributed by atoms with Crippen molar-refractivity contribution in [3.8, 4) is 0 Å². The number of nitrogens with one attached hydrogen (secondary N) is 1. The Balaban J connectivity index is 2.07. The van der Waals surface area contributed by atoms with Crippen LogP contribution in [0.2, 0.25) is 0 Å². The largest absolute Gasteiger partial charge is 0.465 e. The molecular formula is C11H13N3O4. The SMILES string of the molecule is O=C(O)N1CCC(Nc2ccccc2[N+](=O)[O-])C1. The van der Waals surface area contributed by atoms with Crippen molar-refractivity contribution in [1.29, 1.82) is 0 Å². The van der Waals surface area contributed by atoms with Gasteiger partial charge in [0, 0.05) is 25.2 Å². The van der Waals surface area contributed by atoms with Crippen LogP contribution in [0.5, 0.6) is 0 Å². The van der Waals surface area contributed by atoms with Crippen LogP contribution >= 0.6 is 0 Å². The van der Waals surface area contributed by atoms with E-state index in [9.17, 15) is 14.9 Å². The number of para-hydroxylation sites is 2. The summed E-state index contributed by atoms with van der Waals surface area (Å²) < 4.78 is 0.